The van der Waals surface area contributed by atoms with E-state index in [1.165, 1.54) is 38.5 Å². The monoisotopic (exact) mass is 322 g/mol. The first kappa shape index (κ1) is 14.9. The molecule has 0 atom stereocenters. The van der Waals surface area contributed by atoms with Crippen LogP contribution >= 0.6 is 0 Å². The van der Waals surface area contributed by atoms with Gasteiger partial charge in [-0.25, -0.2) is 9.67 Å². The summed E-state index contributed by atoms with van der Waals surface area (Å²) < 4.78 is 2.09. The number of benzene rings is 1. The average Bonchev–Trinajstić information content (AvgIpc) is 2.81. The standard InChI is InChI=1S/C18H22N6/c19-14-6-5-7-15(10-14)22-18-20-11-13-12-21-24(17(13)23-18)16-8-3-1-2-4-9-16/h5-7,10-12,16H,1-4,8-9,19H2,(H,20,22,23). The van der Waals surface area contributed by atoms with Gasteiger partial charge < -0.3 is 11.1 Å². The zero-order valence-electron chi connectivity index (χ0n) is 13.7. The molecule has 4 rings (SSSR count). The van der Waals surface area contributed by atoms with Crippen LogP contribution in [-0.4, -0.2) is 19.7 Å². The molecule has 24 heavy (non-hydrogen) atoms. The number of nitrogens with two attached hydrogens (primary N) is 1. The summed E-state index contributed by atoms with van der Waals surface area (Å²) >= 11 is 0. The van der Waals surface area contributed by atoms with E-state index < -0.39 is 0 Å². The van der Waals surface area contributed by atoms with Crippen molar-refractivity contribution in [2.45, 2.75) is 44.6 Å². The second-order valence-electron chi connectivity index (χ2n) is 6.46. The second-order valence-corrected chi connectivity index (χ2v) is 6.46. The summed E-state index contributed by atoms with van der Waals surface area (Å²) in [6, 6.07) is 8.03. The maximum Gasteiger partial charge on any atom is 0.229 e. The summed E-state index contributed by atoms with van der Waals surface area (Å²) in [5.41, 5.74) is 8.33. The molecule has 1 aliphatic rings. The number of rotatable bonds is 3. The maximum atomic E-state index is 5.83. The fraction of sp³-hybridized carbons (Fsp3) is 0.389. The number of anilines is 3. The fourth-order valence-electron chi connectivity index (χ4n) is 3.41. The van der Waals surface area contributed by atoms with Gasteiger partial charge >= 0.3 is 0 Å². The molecule has 1 aromatic carbocycles. The van der Waals surface area contributed by atoms with E-state index in [2.05, 4.69) is 20.1 Å². The van der Waals surface area contributed by atoms with Gasteiger partial charge in [-0.3, -0.25) is 0 Å². The van der Waals surface area contributed by atoms with Crippen molar-refractivity contribution in [3.8, 4) is 0 Å². The summed E-state index contributed by atoms with van der Waals surface area (Å²) in [6.07, 6.45) is 11.2. The Bertz CT molecular complexity index is 832. The van der Waals surface area contributed by atoms with Gasteiger partial charge in [-0.1, -0.05) is 31.7 Å². The highest BCUT2D eigenvalue weighted by molar-refractivity contribution is 5.75. The fourth-order valence-corrected chi connectivity index (χ4v) is 3.41. The highest BCUT2D eigenvalue weighted by Crippen LogP contribution is 2.29. The van der Waals surface area contributed by atoms with Crippen molar-refractivity contribution in [2.75, 3.05) is 11.1 Å². The molecule has 6 heteroatoms. The Hall–Kier alpha value is -2.63. The normalized spacial score (nSPS) is 16.2. The topological polar surface area (TPSA) is 81.6 Å². The summed E-state index contributed by atoms with van der Waals surface area (Å²) in [7, 11) is 0. The summed E-state index contributed by atoms with van der Waals surface area (Å²) in [5, 5.41) is 8.80. The van der Waals surface area contributed by atoms with Crippen molar-refractivity contribution in [2.24, 2.45) is 0 Å². The Morgan fingerprint density at radius 2 is 1.92 bits per heavy atom. The van der Waals surface area contributed by atoms with E-state index in [9.17, 15) is 0 Å². The Morgan fingerprint density at radius 3 is 2.71 bits per heavy atom. The van der Waals surface area contributed by atoms with E-state index in [1.807, 2.05) is 36.7 Å². The van der Waals surface area contributed by atoms with Crippen molar-refractivity contribution < 1.29 is 0 Å². The van der Waals surface area contributed by atoms with E-state index >= 15 is 0 Å². The van der Waals surface area contributed by atoms with Gasteiger partial charge in [-0.2, -0.15) is 10.1 Å². The molecule has 0 radical (unpaired) electrons. The minimum atomic E-state index is 0.445. The third-order valence-corrected chi connectivity index (χ3v) is 4.65. The smallest absolute Gasteiger partial charge is 0.229 e. The van der Waals surface area contributed by atoms with Crippen molar-refractivity contribution in [1.29, 1.82) is 0 Å². The van der Waals surface area contributed by atoms with Crippen LogP contribution in [0.5, 0.6) is 0 Å². The van der Waals surface area contributed by atoms with Crippen LogP contribution in [0.4, 0.5) is 17.3 Å². The molecule has 6 nitrogen and oxygen atoms in total. The lowest BCUT2D eigenvalue weighted by atomic mass is 10.1. The van der Waals surface area contributed by atoms with Gasteiger partial charge in [0, 0.05) is 17.6 Å². The molecule has 0 spiro atoms. The Labute approximate surface area is 141 Å². The van der Waals surface area contributed by atoms with Crippen LogP contribution < -0.4 is 11.1 Å². The molecule has 0 saturated heterocycles. The second kappa shape index (κ2) is 6.47. The Kier molecular flexibility index (Phi) is 4.02. The van der Waals surface area contributed by atoms with Crippen molar-refractivity contribution in [3.05, 3.63) is 36.7 Å². The number of nitrogens with one attached hydrogen (secondary N) is 1. The molecule has 124 valence electrons. The molecule has 1 saturated carbocycles. The minimum absolute atomic E-state index is 0.445. The van der Waals surface area contributed by atoms with Gasteiger partial charge in [-0.15, -0.1) is 0 Å². The molecular weight excluding hydrogens is 300 g/mol. The van der Waals surface area contributed by atoms with Gasteiger partial charge in [0.05, 0.1) is 17.6 Å². The van der Waals surface area contributed by atoms with Gasteiger partial charge in [0.2, 0.25) is 5.95 Å². The molecule has 1 aliphatic carbocycles. The van der Waals surface area contributed by atoms with E-state index in [1.54, 1.807) is 0 Å². The third kappa shape index (κ3) is 3.04. The lowest BCUT2D eigenvalue weighted by Crippen LogP contribution is -2.11. The van der Waals surface area contributed by atoms with E-state index in [0.717, 1.165) is 16.7 Å². The Morgan fingerprint density at radius 1 is 1.08 bits per heavy atom. The van der Waals surface area contributed by atoms with Gasteiger partial charge in [0.1, 0.15) is 0 Å². The van der Waals surface area contributed by atoms with Crippen molar-refractivity contribution in [1.82, 2.24) is 19.7 Å². The van der Waals surface area contributed by atoms with Crippen LogP contribution in [0.1, 0.15) is 44.6 Å². The molecule has 0 aliphatic heterocycles. The molecule has 0 bridgehead atoms. The van der Waals surface area contributed by atoms with Gasteiger partial charge in [0.15, 0.2) is 5.65 Å². The minimum Gasteiger partial charge on any atom is -0.399 e. The van der Waals surface area contributed by atoms with Gasteiger partial charge in [-0.05, 0) is 31.0 Å². The first-order valence-corrected chi connectivity index (χ1v) is 8.62. The zero-order valence-corrected chi connectivity index (χ0v) is 13.7. The van der Waals surface area contributed by atoms with E-state index in [4.69, 9.17) is 10.7 Å². The van der Waals surface area contributed by atoms with Crippen LogP contribution in [0, 0.1) is 0 Å². The lowest BCUT2D eigenvalue weighted by Gasteiger charge is -2.15. The van der Waals surface area contributed by atoms with Crippen LogP contribution in [0.25, 0.3) is 11.0 Å². The molecule has 3 N–H and O–H groups in total. The molecule has 0 unspecified atom stereocenters. The number of fused-ring (bicyclic) bond motifs is 1. The van der Waals surface area contributed by atoms with Crippen LogP contribution in [0.2, 0.25) is 0 Å². The lowest BCUT2D eigenvalue weighted by molar-refractivity contribution is 0.415. The molecule has 3 aromatic rings. The summed E-state index contributed by atoms with van der Waals surface area (Å²) in [6.45, 7) is 0. The summed E-state index contributed by atoms with van der Waals surface area (Å²) in [4.78, 5) is 9.10. The number of hydrogen-bond donors (Lipinski definition) is 2. The van der Waals surface area contributed by atoms with Crippen LogP contribution in [0.3, 0.4) is 0 Å². The molecule has 1 fully saturated rings. The highest BCUT2D eigenvalue weighted by Gasteiger charge is 2.18. The first-order valence-electron chi connectivity index (χ1n) is 8.62. The van der Waals surface area contributed by atoms with Crippen molar-refractivity contribution >= 4 is 28.4 Å². The SMILES string of the molecule is Nc1cccc(Nc2ncc3cnn(C4CCCCCC4)c3n2)c1. The average molecular weight is 322 g/mol. The number of hydrogen-bond acceptors (Lipinski definition) is 5. The number of nitrogen functional groups attached to an aromatic ring is 1. The summed E-state index contributed by atoms with van der Waals surface area (Å²) in [5.74, 6) is 0.573. The maximum absolute atomic E-state index is 5.83. The molecule has 2 heterocycles. The number of aromatic nitrogens is 4. The largest absolute Gasteiger partial charge is 0.399 e. The van der Waals surface area contributed by atoms with E-state index in [0.29, 0.717) is 17.7 Å². The quantitative estimate of drug-likeness (QED) is 0.561. The molecule has 0 amide bonds. The molecular formula is C18H22N6. The molecule has 2 aromatic heterocycles. The third-order valence-electron chi connectivity index (χ3n) is 4.65. The highest BCUT2D eigenvalue weighted by atomic mass is 15.3. The van der Waals surface area contributed by atoms with E-state index in [-0.39, 0.29) is 0 Å². The van der Waals surface area contributed by atoms with Crippen LogP contribution in [-0.2, 0) is 0 Å². The van der Waals surface area contributed by atoms with Crippen LogP contribution in [0.15, 0.2) is 36.7 Å². The zero-order chi connectivity index (χ0) is 16.4. The Balaban J connectivity index is 1.65. The van der Waals surface area contributed by atoms with Gasteiger partial charge in [0.25, 0.3) is 0 Å². The number of nitrogens with zero attached hydrogens (tertiary/aromatic N) is 4. The predicted octanol–water partition coefficient (Wildman–Crippen LogP) is 4.05. The van der Waals surface area contributed by atoms with Crippen molar-refractivity contribution in [3.63, 3.8) is 0 Å². The predicted molar refractivity (Wildman–Crippen MR) is 96.2 cm³/mol. The first-order chi connectivity index (χ1) is 11.8.